The van der Waals surface area contributed by atoms with Crippen LogP contribution in [0.5, 0.6) is 5.75 Å². The first kappa shape index (κ1) is 27.0. The molecule has 36 heavy (non-hydrogen) atoms. The molecule has 0 aliphatic rings. The lowest BCUT2D eigenvalue weighted by atomic mass is 10.00. The predicted molar refractivity (Wildman–Crippen MR) is 145 cm³/mol. The maximum atomic E-state index is 13.9. The summed E-state index contributed by atoms with van der Waals surface area (Å²) < 4.78 is 5.41. The number of hydrogen-bond acceptors (Lipinski definition) is 3. The first-order valence-corrected chi connectivity index (χ1v) is 12.6. The third-order valence-corrected chi connectivity index (χ3v) is 6.40. The highest BCUT2D eigenvalue weighted by molar-refractivity contribution is 5.89. The van der Waals surface area contributed by atoms with Crippen LogP contribution in [0.1, 0.15) is 48.1 Å². The number of carbonyl (C=O) groups is 2. The van der Waals surface area contributed by atoms with Crippen molar-refractivity contribution in [2.24, 2.45) is 0 Å². The van der Waals surface area contributed by atoms with Crippen LogP contribution in [-0.4, -0.2) is 35.9 Å². The van der Waals surface area contributed by atoms with Crippen LogP contribution in [0.3, 0.4) is 0 Å². The van der Waals surface area contributed by atoms with Gasteiger partial charge in [-0.2, -0.15) is 0 Å². The lowest BCUT2D eigenvalue weighted by molar-refractivity contribution is -0.141. The zero-order valence-corrected chi connectivity index (χ0v) is 22.1. The minimum absolute atomic E-state index is 0.0176. The van der Waals surface area contributed by atoms with Crippen molar-refractivity contribution in [1.82, 2.24) is 10.2 Å². The molecule has 0 unspecified atom stereocenters. The van der Waals surface area contributed by atoms with Crippen molar-refractivity contribution in [3.8, 4) is 5.75 Å². The second-order valence-electron chi connectivity index (χ2n) is 9.57. The Labute approximate surface area is 215 Å². The monoisotopic (exact) mass is 486 g/mol. The zero-order chi connectivity index (χ0) is 26.1. The Morgan fingerprint density at radius 3 is 2.19 bits per heavy atom. The Bertz CT molecular complexity index is 1140. The summed E-state index contributed by atoms with van der Waals surface area (Å²) in [6.45, 7) is 8.41. The molecule has 0 aliphatic carbocycles. The quantitative estimate of drug-likeness (QED) is 0.394. The highest BCUT2D eigenvalue weighted by atomic mass is 16.5. The SMILES string of the molecule is CC[C@H](C)NC(=O)[C@H](Cc1ccccc1)N(Cc1cccc(OC)c1)C(=O)Cc1cc(C)cc(C)c1. The van der Waals surface area contributed by atoms with E-state index >= 15 is 0 Å². The van der Waals surface area contributed by atoms with Crippen LogP contribution < -0.4 is 10.1 Å². The molecular weight excluding hydrogens is 448 g/mol. The van der Waals surface area contributed by atoms with Gasteiger partial charge in [0.1, 0.15) is 11.8 Å². The standard InChI is InChI=1S/C31H38N2O3/c1-6-24(4)32-31(35)29(19-25-11-8-7-9-12-25)33(21-26-13-10-14-28(18-26)36-5)30(34)20-27-16-22(2)15-23(3)17-27/h7-18,24,29H,6,19-21H2,1-5H3,(H,32,35)/t24-,29-/m0/s1. The molecule has 0 heterocycles. The van der Waals surface area contributed by atoms with Crippen LogP contribution in [0.4, 0.5) is 0 Å². The summed E-state index contributed by atoms with van der Waals surface area (Å²) in [7, 11) is 1.62. The summed E-state index contributed by atoms with van der Waals surface area (Å²) >= 11 is 0. The van der Waals surface area contributed by atoms with E-state index in [0.717, 1.165) is 40.0 Å². The Morgan fingerprint density at radius 1 is 0.889 bits per heavy atom. The van der Waals surface area contributed by atoms with Gasteiger partial charge in [0, 0.05) is 19.0 Å². The van der Waals surface area contributed by atoms with E-state index in [1.54, 1.807) is 12.0 Å². The molecule has 0 aromatic heterocycles. The van der Waals surface area contributed by atoms with Crippen LogP contribution >= 0.6 is 0 Å². The number of nitrogens with one attached hydrogen (secondary N) is 1. The molecule has 2 amide bonds. The van der Waals surface area contributed by atoms with Crippen molar-refractivity contribution >= 4 is 11.8 Å². The average Bonchev–Trinajstić information content (AvgIpc) is 2.86. The van der Waals surface area contributed by atoms with Gasteiger partial charge in [-0.3, -0.25) is 9.59 Å². The van der Waals surface area contributed by atoms with Gasteiger partial charge in [-0.25, -0.2) is 0 Å². The van der Waals surface area contributed by atoms with Crippen molar-refractivity contribution in [1.29, 1.82) is 0 Å². The van der Waals surface area contributed by atoms with Gasteiger partial charge in [0.25, 0.3) is 0 Å². The van der Waals surface area contributed by atoms with E-state index in [1.165, 1.54) is 0 Å². The van der Waals surface area contributed by atoms with E-state index in [0.29, 0.717) is 13.0 Å². The van der Waals surface area contributed by atoms with Crippen LogP contribution in [0.2, 0.25) is 0 Å². The fourth-order valence-electron chi connectivity index (χ4n) is 4.41. The summed E-state index contributed by atoms with van der Waals surface area (Å²) in [6.07, 6.45) is 1.48. The van der Waals surface area contributed by atoms with Crippen molar-refractivity contribution in [2.45, 2.75) is 65.6 Å². The molecular formula is C31H38N2O3. The molecule has 5 heteroatoms. The Hall–Kier alpha value is -3.60. The van der Waals surface area contributed by atoms with Crippen LogP contribution in [0.15, 0.2) is 72.8 Å². The highest BCUT2D eigenvalue weighted by Gasteiger charge is 2.31. The van der Waals surface area contributed by atoms with Gasteiger partial charge in [0.15, 0.2) is 0 Å². The molecule has 0 saturated heterocycles. The highest BCUT2D eigenvalue weighted by Crippen LogP contribution is 2.20. The van der Waals surface area contributed by atoms with Gasteiger partial charge < -0.3 is 15.0 Å². The Morgan fingerprint density at radius 2 is 1.56 bits per heavy atom. The van der Waals surface area contributed by atoms with Gasteiger partial charge in [0.2, 0.25) is 11.8 Å². The van der Waals surface area contributed by atoms with E-state index in [-0.39, 0.29) is 24.3 Å². The molecule has 5 nitrogen and oxygen atoms in total. The minimum atomic E-state index is -0.647. The number of rotatable bonds is 11. The molecule has 3 rings (SSSR count). The van der Waals surface area contributed by atoms with E-state index in [4.69, 9.17) is 4.74 Å². The summed E-state index contributed by atoms with van der Waals surface area (Å²) in [5.41, 5.74) is 5.11. The molecule has 3 aromatic rings. The first-order chi connectivity index (χ1) is 17.3. The lowest BCUT2D eigenvalue weighted by Gasteiger charge is -2.32. The fourth-order valence-corrected chi connectivity index (χ4v) is 4.41. The molecule has 1 N–H and O–H groups in total. The average molecular weight is 487 g/mol. The second-order valence-corrected chi connectivity index (χ2v) is 9.57. The third-order valence-electron chi connectivity index (χ3n) is 6.40. The van der Waals surface area contributed by atoms with Gasteiger partial charge in [-0.15, -0.1) is 0 Å². The van der Waals surface area contributed by atoms with Crippen LogP contribution in [-0.2, 0) is 29.0 Å². The number of methoxy groups -OCH3 is 1. The summed E-state index contributed by atoms with van der Waals surface area (Å²) in [5.74, 6) is 0.505. The first-order valence-electron chi connectivity index (χ1n) is 12.6. The molecule has 0 radical (unpaired) electrons. The molecule has 0 fully saturated rings. The van der Waals surface area contributed by atoms with Crippen molar-refractivity contribution in [3.63, 3.8) is 0 Å². The molecule has 0 spiro atoms. The maximum absolute atomic E-state index is 13.9. The number of carbonyl (C=O) groups excluding carboxylic acids is 2. The molecule has 190 valence electrons. The summed E-state index contributed by atoms with van der Waals surface area (Å²) in [6, 6.07) is 23.1. The van der Waals surface area contributed by atoms with Gasteiger partial charge >= 0.3 is 0 Å². The van der Waals surface area contributed by atoms with Crippen molar-refractivity contribution < 1.29 is 14.3 Å². The number of amides is 2. The van der Waals surface area contributed by atoms with Gasteiger partial charge in [-0.1, -0.05) is 78.7 Å². The van der Waals surface area contributed by atoms with Crippen LogP contribution in [0, 0.1) is 13.8 Å². The van der Waals surface area contributed by atoms with E-state index < -0.39 is 6.04 Å². The lowest BCUT2D eigenvalue weighted by Crippen LogP contribution is -2.52. The fraction of sp³-hybridized carbons (Fsp3) is 0.355. The predicted octanol–water partition coefficient (Wildman–Crippen LogP) is 5.41. The topological polar surface area (TPSA) is 58.6 Å². The molecule has 3 aromatic carbocycles. The summed E-state index contributed by atoms with van der Waals surface area (Å²) in [5, 5.41) is 3.12. The van der Waals surface area contributed by atoms with Crippen molar-refractivity contribution in [3.05, 3.63) is 101 Å². The number of nitrogens with zero attached hydrogens (tertiary/aromatic N) is 1. The van der Waals surface area contributed by atoms with Crippen LogP contribution in [0.25, 0.3) is 0 Å². The normalized spacial score (nSPS) is 12.5. The number of benzene rings is 3. The number of aryl methyl sites for hydroxylation is 2. The smallest absolute Gasteiger partial charge is 0.243 e. The van der Waals surface area contributed by atoms with E-state index in [1.807, 2.05) is 94.4 Å². The number of hydrogen-bond donors (Lipinski definition) is 1. The maximum Gasteiger partial charge on any atom is 0.243 e. The molecule has 0 aliphatic heterocycles. The molecule has 0 saturated carbocycles. The van der Waals surface area contributed by atoms with E-state index in [2.05, 4.69) is 11.4 Å². The van der Waals surface area contributed by atoms with Gasteiger partial charge in [-0.05, 0) is 56.0 Å². The second kappa shape index (κ2) is 12.9. The van der Waals surface area contributed by atoms with Gasteiger partial charge in [0.05, 0.1) is 13.5 Å². The molecule has 2 atom stereocenters. The Balaban J connectivity index is 2.00. The Kier molecular flexibility index (Phi) is 9.69. The largest absolute Gasteiger partial charge is 0.497 e. The third kappa shape index (κ3) is 7.70. The van der Waals surface area contributed by atoms with E-state index in [9.17, 15) is 9.59 Å². The number of ether oxygens (including phenoxy) is 1. The molecule has 0 bridgehead atoms. The summed E-state index contributed by atoms with van der Waals surface area (Å²) in [4.78, 5) is 29.2. The minimum Gasteiger partial charge on any atom is -0.497 e. The zero-order valence-electron chi connectivity index (χ0n) is 22.1. The van der Waals surface area contributed by atoms with Crippen molar-refractivity contribution in [2.75, 3.05) is 7.11 Å².